The molecule has 0 aliphatic heterocycles. The van der Waals surface area contributed by atoms with Crippen molar-refractivity contribution in [1.29, 1.82) is 0 Å². The summed E-state index contributed by atoms with van der Waals surface area (Å²) in [5.41, 5.74) is 0.738. The molecule has 0 saturated heterocycles. The Bertz CT molecular complexity index is 464. The van der Waals surface area contributed by atoms with E-state index in [1.165, 1.54) is 0 Å². The maximum atomic E-state index is 11.9. The van der Waals surface area contributed by atoms with E-state index in [-0.39, 0.29) is 17.0 Å². The highest BCUT2D eigenvalue weighted by Gasteiger charge is 2.35. The van der Waals surface area contributed by atoms with Gasteiger partial charge in [0.05, 0.1) is 11.3 Å². The Morgan fingerprint density at radius 3 is 2.35 bits per heavy atom. The summed E-state index contributed by atoms with van der Waals surface area (Å²) in [7, 11) is 0. The highest BCUT2D eigenvalue weighted by atomic mass is 16.1. The smallest absolute Gasteiger partial charge is 0.167 e. The van der Waals surface area contributed by atoms with Crippen LogP contribution in [0.1, 0.15) is 32.4 Å². The van der Waals surface area contributed by atoms with Crippen LogP contribution < -0.4 is 0 Å². The van der Waals surface area contributed by atoms with Gasteiger partial charge in [0.2, 0.25) is 0 Å². The van der Waals surface area contributed by atoms with Crippen LogP contribution in [0.15, 0.2) is 30.0 Å². The monoisotopic (exact) mass is 229 g/mol. The van der Waals surface area contributed by atoms with E-state index in [4.69, 9.17) is 0 Å². The van der Waals surface area contributed by atoms with Crippen molar-refractivity contribution in [2.45, 2.75) is 26.7 Å². The molecule has 1 aliphatic rings. The topological polar surface area (TPSA) is 47.0 Å². The van der Waals surface area contributed by atoms with Crippen molar-refractivity contribution in [3.63, 3.8) is 0 Å². The molecule has 0 unspecified atom stereocenters. The number of hydrogen-bond donors (Lipinski definition) is 0. The minimum atomic E-state index is -0.213. The second-order valence-electron chi connectivity index (χ2n) is 5.18. The first-order valence-electron chi connectivity index (χ1n) is 5.67. The van der Waals surface area contributed by atoms with Gasteiger partial charge in [0.15, 0.2) is 11.6 Å². The summed E-state index contributed by atoms with van der Waals surface area (Å²) >= 11 is 0. The molecular formula is C14H15NO2. The van der Waals surface area contributed by atoms with Gasteiger partial charge < -0.3 is 0 Å². The first kappa shape index (κ1) is 11.7. The third-order valence-corrected chi connectivity index (χ3v) is 2.86. The normalized spacial score (nSPS) is 19.3. The van der Waals surface area contributed by atoms with E-state index in [0.717, 1.165) is 0 Å². The molecule has 1 heterocycles. The largest absolute Gasteiger partial charge is 0.294 e. The van der Waals surface area contributed by atoms with Gasteiger partial charge >= 0.3 is 0 Å². The number of ketones is 2. The number of Topliss-reactive ketones (excluding diaryl/α,β-unsaturated/α-hetero) is 2. The lowest BCUT2D eigenvalue weighted by Gasteiger charge is -2.28. The molecule has 0 atom stereocenters. The number of carbonyl (C=O) groups excluding carboxylic acids is 2. The van der Waals surface area contributed by atoms with Crippen molar-refractivity contribution < 1.29 is 9.59 Å². The Balaban J connectivity index is 2.31. The highest BCUT2D eigenvalue weighted by Crippen LogP contribution is 2.34. The third kappa shape index (κ3) is 2.67. The Morgan fingerprint density at radius 2 is 1.82 bits per heavy atom. The molecule has 1 aromatic heterocycles. The van der Waals surface area contributed by atoms with Crippen molar-refractivity contribution in [3.05, 3.63) is 35.7 Å². The number of carbonyl (C=O) groups is 2. The second kappa shape index (κ2) is 4.24. The minimum absolute atomic E-state index is 0.0723. The predicted octanol–water partition coefficient (Wildman–Crippen LogP) is 2.42. The molecule has 0 spiro atoms. The maximum Gasteiger partial charge on any atom is 0.167 e. The summed E-state index contributed by atoms with van der Waals surface area (Å²) in [6.45, 7) is 3.89. The zero-order valence-electron chi connectivity index (χ0n) is 10.1. The molecule has 0 amide bonds. The van der Waals surface area contributed by atoms with Crippen LogP contribution in [-0.4, -0.2) is 16.6 Å². The van der Waals surface area contributed by atoms with Crippen LogP contribution in [0.25, 0.3) is 6.08 Å². The van der Waals surface area contributed by atoms with Gasteiger partial charge in [-0.25, -0.2) is 0 Å². The van der Waals surface area contributed by atoms with Crippen LogP contribution in [-0.2, 0) is 9.59 Å². The number of allylic oxidation sites excluding steroid dienone is 1. The molecule has 0 bridgehead atoms. The summed E-state index contributed by atoms with van der Waals surface area (Å²) in [6, 6.07) is 5.42. The van der Waals surface area contributed by atoms with E-state index >= 15 is 0 Å². The van der Waals surface area contributed by atoms with Crippen LogP contribution in [0.3, 0.4) is 0 Å². The van der Waals surface area contributed by atoms with Crippen molar-refractivity contribution in [2.24, 2.45) is 5.41 Å². The number of rotatable bonds is 1. The summed E-state index contributed by atoms with van der Waals surface area (Å²) in [6.07, 6.45) is 4.10. The van der Waals surface area contributed by atoms with Crippen molar-refractivity contribution in [1.82, 2.24) is 4.98 Å². The van der Waals surface area contributed by atoms with Crippen LogP contribution in [0.4, 0.5) is 0 Å². The Morgan fingerprint density at radius 1 is 1.18 bits per heavy atom. The first-order valence-corrected chi connectivity index (χ1v) is 5.67. The fraction of sp³-hybridized carbons (Fsp3) is 0.357. The summed E-state index contributed by atoms with van der Waals surface area (Å²) in [5.74, 6) is -0.145. The molecule has 1 fully saturated rings. The minimum Gasteiger partial charge on any atom is -0.294 e. The number of nitrogens with zero attached hydrogens (tertiary/aromatic N) is 1. The maximum absolute atomic E-state index is 11.9. The molecule has 1 aromatic rings. The van der Waals surface area contributed by atoms with Gasteiger partial charge in [-0.3, -0.25) is 14.6 Å². The summed E-state index contributed by atoms with van der Waals surface area (Å²) in [5, 5.41) is 0. The Hall–Kier alpha value is -1.77. The Kier molecular flexibility index (Phi) is 2.92. The van der Waals surface area contributed by atoms with E-state index < -0.39 is 0 Å². The standard InChI is InChI=1S/C14H15NO2/c1-14(2)8-12(16)11(13(17)9-14)7-10-5-3-4-6-15-10/h3-7H,8-9H2,1-2H3. The van der Waals surface area contributed by atoms with E-state index in [1.807, 2.05) is 19.9 Å². The number of hydrogen-bond acceptors (Lipinski definition) is 3. The molecule has 2 rings (SSSR count). The van der Waals surface area contributed by atoms with E-state index in [1.54, 1.807) is 24.4 Å². The zero-order valence-corrected chi connectivity index (χ0v) is 10.1. The fourth-order valence-electron chi connectivity index (χ4n) is 2.05. The van der Waals surface area contributed by atoms with Crippen LogP contribution in [0.2, 0.25) is 0 Å². The first-order chi connectivity index (χ1) is 7.98. The lowest BCUT2D eigenvalue weighted by molar-refractivity contribution is -0.127. The van der Waals surface area contributed by atoms with E-state index in [2.05, 4.69) is 4.98 Å². The van der Waals surface area contributed by atoms with Gasteiger partial charge in [0.1, 0.15) is 0 Å². The van der Waals surface area contributed by atoms with Crippen molar-refractivity contribution >= 4 is 17.6 Å². The molecule has 0 aromatic carbocycles. The quantitative estimate of drug-likeness (QED) is 0.549. The number of pyridine rings is 1. The van der Waals surface area contributed by atoms with Gasteiger partial charge in [-0.2, -0.15) is 0 Å². The van der Waals surface area contributed by atoms with Crippen LogP contribution in [0.5, 0.6) is 0 Å². The molecule has 1 saturated carbocycles. The second-order valence-corrected chi connectivity index (χ2v) is 5.18. The SMILES string of the molecule is CC1(C)CC(=O)C(=Cc2ccccn2)C(=O)C1. The van der Waals surface area contributed by atoms with Crippen molar-refractivity contribution in [3.8, 4) is 0 Å². The van der Waals surface area contributed by atoms with Gasteiger partial charge in [-0.05, 0) is 23.6 Å². The zero-order chi connectivity index (χ0) is 12.5. The molecule has 0 N–H and O–H groups in total. The molecule has 17 heavy (non-hydrogen) atoms. The average Bonchev–Trinajstić information content (AvgIpc) is 2.24. The fourth-order valence-corrected chi connectivity index (χ4v) is 2.05. The molecule has 3 heteroatoms. The van der Waals surface area contributed by atoms with Crippen molar-refractivity contribution in [2.75, 3.05) is 0 Å². The molecular weight excluding hydrogens is 214 g/mol. The average molecular weight is 229 g/mol. The van der Waals surface area contributed by atoms with Gasteiger partial charge in [0, 0.05) is 19.0 Å². The predicted molar refractivity (Wildman–Crippen MR) is 65.2 cm³/mol. The molecule has 0 radical (unpaired) electrons. The van der Waals surface area contributed by atoms with Gasteiger partial charge in [0.25, 0.3) is 0 Å². The van der Waals surface area contributed by atoms with Crippen LogP contribution >= 0.6 is 0 Å². The summed E-state index contributed by atoms with van der Waals surface area (Å²) in [4.78, 5) is 27.9. The molecule has 88 valence electrons. The highest BCUT2D eigenvalue weighted by molar-refractivity contribution is 6.25. The van der Waals surface area contributed by atoms with E-state index in [0.29, 0.717) is 24.1 Å². The van der Waals surface area contributed by atoms with Crippen LogP contribution in [0, 0.1) is 5.41 Å². The molecule has 3 nitrogen and oxygen atoms in total. The Labute approximate surface area is 101 Å². The van der Waals surface area contributed by atoms with Gasteiger partial charge in [-0.15, -0.1) is 0 Å². The number of aromatic nitrogens is 1. The summed E-state index contributed by atoms with van der Waals surface area (Å²) < 4.78 is 0. The van der Waals surface area contributed by atoms with Gasteiger partial charge in [-0.1, -0.05) is 19.9 Å². The lowest BCUT2D eigenvalue weighted by atomic mass is 9.74. The lowest BCUT2D eigenvalue weighted by Crippen LogP contribution is -2.31. The third-order valence-electron chi connectivity index (χ3n) is 2.86. The van der Waals surface area contributed by atoms with E-state index in [9.17, 15) is 9.59 Å². The molecule has 1 aliphatic carbocycles.